The molecule has 116 valence electrons. The second-order valence-electron chi connectivity index (χ2n) is 6.54. The summed E-state index contributed by atoms with van der Waals surface area (Å²) < 4.78 is 0. The molecule has 2 rings (SSSR count). The van der Waals surface area contributed by atoms with E-state index < -0.39 is 0 Å². The molecule has 0 N–H and O–H groups in total. The van der Waals surface area contributed by atoms with E-state index in [1.54, 1.807) is 0 Å². The van der Waals surface area contributed by atoms with Gasteiger partial charge in [-0.15, -0.1) is 0 Å². The molecule has 0 saturated heterocycles. The lowest BCUT2D eigenvalue weighted by Gasteiger charge is -2.35. The van der Waals surface area contributed by atoms with Crippen LogP contribution in [0.2, 0.25) is 5.02 Å². The summed E-state index contributed by atoms with van der Waals surface area (Å²) in [7, 11) is 2.11. The van der Waals surface area contributed by atoms with Crippen molar-refractivity contribution in [2.45, 2.75) is 51.5 Å². The molecule has 0 aliphatic heterocycles. The molecule has 1 aromatic carbocycles. The maximum atomic E-state index is 11.7. The summed E-state index contributed by atoms with van der Waals surface area (Å²) in [6.07, 6.45) is 8.17. The number of halogens is 1. The second-order valence-corrected chi connectivity index (χ2v) is 6.98. The van der Waals surface area contributed by atoms with E-state index in [9.17, 15) is 4.79 Å². The zero-order valence-corrected chi connectivity index (χ0v) is 13.9. The summed E-state index contributed by atoms with van der Waals surface area (Å²) in [5.74, 6) is 0. The fraction of sp³-hybridized carbons (Fsp3) is 0.611. The number of aldehydes is 1. The van der Waals surface area contributed by atoms with Gasteiger partial charge in [0.05, 0.1) is 0 Å². The van der Waals surface area contributed by atoms with Crippen molar-refractivity contribution < 1.29 is 4.79 Å². The van der Waals surface area contributed by atoms with Crippen molar-refractivity contribution in [1.82, 2.24) is 4.90 Å². The monoisotopic (exact) mass is 307 g/mol. The Labute approximate surface area is 133 Å². The van der Waals surface area contributed by atoms with E-state index in [1.807, 2.05) is 18.2 Å². The van der Waals surface area contributed by atoms with Gasteiger partial charge in [-0.05, 0) is 44.5 Å². The first-order valence-corrected chi connectivity index (χ1v) is 8.36. The summed E-state index contributed by atoms with van der Waals surface area (Å²) in [6, 6.07) is 8.28. The third-order valence-corrected chi connectivity index (χ3v) is 5.14. The number of nitrogens with zero attached hydrogens (tertiary/aromatic N) is 1. The Kier molecular flexibility index (Phi) is 5.83. The summed E-state index contributed by atoms with van der Waals surface area (Å²) in [4.78, 5) is 14.0. The van der Waals surface area contributed by atoms with Crippen molar-refractivity contribution in [3.05, 3.63) is 34.9 Å². The number of carbonyl (C=O) groups excluding carboxylic acids is 1. The molecule has 21 heavy (non-hydrogen) atoms. The number of rotatable bonds is 5. The molecule has 1 aliphatic rings. The summed E-state index contributed by atoms with van der Waals surface area (Å²) >= 11 is 6.09. The van der Waals surface area contributed by atoms with Crippen molar-refractivity contribution in [2.75, 3.05) is 13.6 Å². The van der Waals surface area contributed by atoms with Crippen LogP contribution >= 0.6 is 11.6 Å². The van der Waals surface area contributed by atoms with Gasteiger partial charge in [-0.3, -0.25) is 4.90 Å². The zero-order valence-electron chi connectivity index (χ0n) is 13.1. The fourth-order valence-corrected chi connectivity index (χ4v) is 3.60. The highest BCUT2D eigenvalue weighted by molar-refractivity contribution is 6.30. The molecular weight excluding hydrogens is 282 g/mol. The Bertz CT molecular complexity index is 466. The highest BCUT2D eigenvalue weighted by Crippen LogP contribution is 2.35. The first kappa shape index (κ1) is 16.5. The lowest BCUT2D eigenvalue weighted by Crippen LogP contribution is -2.38. The first-order chi connectivity index (χ1) is 10.1. The molecule has 3 heteroatoms. The topological polar surface area (TPSA) is 20.3 Å². The first-order valence-electron chi connectivity index (χ1n) is 7.98. The van der Waals surface area contributed by atoms with E-state index in [0.717, 1.165) is 24.4 Å². The maximum Gasteiger partial charge on any atom is 0.127 e. The zero-order chi connectivity index (χ0) is 15.3. The molecule has 0 aromatic heterocycles. The molecule has 0 heterocycles. The minimum Gasteiger partial charge on any atom is -0.303 e. The van der Waals surface area contributed by atoms with Crippen LogP contribution in [0.3, 0.4) is 0 Å². The second kappa shape index (κ2) is 7.42. The fourth-order valence-electron chi connectivity index (χ4n) is 3.40. The van der Waals surface area contributed by atoms with Crippen molar-refractivity contribution >= 4 is 17.9 Å². The van der Waals surface area contributed by atoms with Crippen LogP contribution < -0.4 is 0 Å². The third kappa shape index (κ3) is 4.31. The van der Waals surface area contributed by atoms with Crippen LogP contribution in [0, 0.1) is 5.41 Å². The molecule has 0 bridgehead atoms. The standard InChI is InChI=1S/C18H26ClNO/c1-15(16-8-7-9-17(19)12-16)20(2)13-18(14-21)10-5-3-4-6-11-18/h7-9,12,14-15H,3-6,10-11,13H2,1-2H3. The predicted octanol–water partition coefficient (Wildman–Crippen LogP) is 4.87. The van der Waals surface area contributed by atoms with Gasteiger partial charge in [0.1, 0.15) is 6.29 Å². The number of benzene rings is 1. The van der Waals surface area contributed by atoms with E-state index in [4.69, 9.17) is 11.6 Å². The molecule has 0 amide bonds. The van der Waals surface area contributed by atoms with Crippen LogP contribution in [-0.2, 0) is 4.79 Å². The van der Waals surface area contributed by atoms with Crippen molar-refractivity contribution in [2.24, 2.45) is 5.41 Å². The highest BCUT2D eigenvalue weighted by Gasteiger charge is 2.33. The van der Waals surface area contributed by atoms with Crippen molar-refractivity contribution in [3.8, 4) is 0 Å². The molecule has 1 aliphatic carbocycles. The largest absolute Gasteiger partial charge is 0.303 e. The van der Waals surface area contributed by atoms with Crippen LogP contribution in [0.15, 0.2) is 24.3 Å². The van der Waals surface area contributed by atoms with Crippen molar-refractivity contribution in [1.29, 1.82) is 0 Å². The smallest absolute Gasteiger partial charge is 0.127 e. The lowest BCUT2D eigenvalue weighted by atomic mass is 9.81. The number of carbonyl (C=O) groups is 1. The van der Waals surface area contributed by atoms with E-state index in [2.05, 4.69) is 24.9 Å². The van der Waals surface area contributed by atoms with Crippen LogP contribution in [0.4, 0.5) is 0 Å². The molecule has 0 spiro atoms. The minimum atomic E-state index is -0.155. The van der Waals surface area contributed by atoms with E-state index in [0.29, 0.717) is 0 Å². The van der Waals surface area contributed by atoms with Gasteiger partial charge >= 0.3 is 0 Å². The molecule has 0 radical (unpaired) electrons. The Morgan fingerprint density at radius 3 is 2.52 bits per heavy atom. The molecule has 1 unspecified atom stereocenters. The summed E-state index contributed by atoms with van der Waals surface area (Å²) in [5.41, 5.74) is 1.05. The van der Waals surface area contributed by atoms with E-state index in [1.165, 1.54) is 37.5 Å². The van der Waals surface area contributed by atoms with Gasteiger partial charge in [0.25, 0.3) is 0 Å². The average Bonchev–Trinajstić information content (AvgIpc) is 2.72. The van der Waals surface area contributed by atoms with Crippen LogP contribution in [0.25, 0.3) is 0 Å². The van der Waals surface area contributed by atoms with E-state index >= 15 is 0 Å². The van der Waals surface area contributed by atoms with Gasteiger partial charge in [-0.2, -0.15) is 0 Å². The predicted molar refractivity (Wildman–Crippen MR) is 88.7 cm³/mol. The normalized spacial score (nSPS) is 20.0. The Balaban J connectivity index is 2.07. The Morgan fingerprint density at radius 1 is 1.29 bits per heavy atom. The molecule has 1 atom stereocenters. The quantitative estimate of drug-likeness (QED) is 0.571. The Hall–Kier alpha value is -0.860. The van der Waals surface area contributed by atoms with Gasteiger partial charge < -0.3 is 4.79 Å². The van der Waals surface area contributed by atoms with Gasteiger partial charge in [0, 0.05) is 23.0 Å². The lowest BCUT2D eigenvalue weighted by molar-refractivity contribution is -0.118. The molecule has 2 nitrogen and oxygen atoms in total. The van der Waals surface area contributed by atoms with Crippen LogP contribution in [0.5, 0.6) is 0 Å². The number of hydrogen-bond acceptors (Lipinski definition) is 2. The summed E-state index contributed by atoms with van der Waals surface area (Å²) in [6.45, 7) is 3.02. The molecule has 1 fully saturated rings. The highest BCUT2D eigenvalue weighted by atomic mass is 35.5. The molecular formula is C18H26ClNO. The SMILES string of the molecule is CC(c1cccc(Cl)c1)N(C)CC1(C=O)CCCCCC1. The van der Waals surface area contributed by atoms with Gasteiger partial charge in [-0.1, -0.05) is 49.4 Å². The van der Waals surface area contributed by atoms with Gasteiger partial charge in [-0.25, -0.2) is 0 Å². The van der Waals surface area contributed by atoms with Crippen LogP contribution in [0.1, 0.15) is 57.1 Å². The van der Waals surface area contributed by atoms with Gasteiger partial charge in [0.15, 0.2) is 0 Å². The molecule has 1 saturated carbocycles. The average molecular weight is 308 g/mol. The van der Waals surface area contributed by atoms with E-state index in [-0.39, 0.29) is 11.5 Å². The minimum absolute atomic E-state index is 0.155. The summed E-state index contributed by atoms with van der Waals surface area (Å²) in [5, 5.41) is 0.771. The Morgan fingerprint density at radius 2 is 1.95 bits per heavy atom. The molecule has 1 aromatic rings. The van der Waals surface area contributed by atoms with Gasteiger partial charge in [0.2, 0.25) is 0 Å². The van der Waals surface area contributed by atoms with Crippen molar-refractivity contribution in [3.63, 3.8) is 0 Å². The maximum absolute atomic E-state index is 11.7. The van der Waals surface area contributed by atoms with Crippen LogP contribution in [-0.4, -0.2) is 24.8 Å². The third-order valence-electron chi connectivity index (χ3n) is 4.91. The number of hydrogen-bond donors (Lipinski definition) is 0.